The molecule has 4 aromatic rings. The third kappa shape index (κ3) is 5.05. The maximum absolute atomic E-state index is 13.9. The highest BCUT2D eigenvalue weighted by Crippen LogP contribution is 2.42. The quantitative estimate of drug-likeness (QED) is 0.285. The van der Waals surface area contributed by atoms with Gasteiger partial charge in [-0.15, -0.1) is 0 Å². The van der Waals surface area contributed by atoms with Crippen molar-refractivity contribution in [3.05, 3.63) is 130 Å². The zero-order valence-corrected chi connectivity index (χ0v) is 21.7. The molecule has 4 aromatic carbocycles. The average molecular weight is 517 g/mol. The number of nitrogens with zero attached hydrogens (tertiary/aromatic N) is 1. The molecule has 4 nitrogen and oxygen atoms in total. The van der Waals surface area contributed by atoms with Crippen LogP contribution in [-0.4, -0.2) is 8.42 Å². The Hall–Kier alpha value is -3.12. The van der Waals surface area contributed by atoms with Gasteiger partial charge < -0.3 is 5.32 Å². The third-order valence-corrected chi connectivity index (χ3v) is 8.94. The van der Waals surface area contributed by atoms with E-state index in [0.717, 1.165) is 35.3 Å². The number of hydrogen-bond acceptors (Lipinski definition) is 3. The van der Waals surface area contributed by atoms with E-state index in [9.17, 15) is 8.42 Å². The molecule has 1 aliphatic heterocycles. The normalized spacial score (nSPS) is 16.4. The summed E-state index contributed by atoms with van der Waals surface area (Å²) < 4.78 is 29.4. The van der Waals surface area contributed by atoms with Gasteiger partial charge in [0.25, 0.3) is 10.0 Å². The molecule has 0 aromatic heterocycles. The van der Waals surface area contributed by atoms with Crippen molar-refractivity contribution in [3.63, 3.8) is 0 Å². The number of aryl methyl sites for hydroxylation is 1. The topological polar surface area (TPSA) is 49.4 Å². The molecule has 1 aliphatic rings. The van der Waals surface area contributed by atoms with E-state index in [-0.39, 0.29) is 17.0 Å². The fourth-order valence-corrected chi connectivity index (χ4v) is 6.65. The van der Waals surface area contributed by atoms with Gasteiger partial charge in [-0.1, -0.05) is 84.4 Å². The SMILES string of the molecule is CC(NCc1ccc(C2CCc3ccccc3N2S(=O)(=O)c2ccc(Cl)cc2)cc1)c1ccccc1. The number of fused-ring (bicyclic) bond motifs is 1. The minimum Gasteiger partial charge on any atom is -0.306 e. The number of benzene rings is 4. The van der Waals surface area contributed by atoms with E-state index in [4.69, 9.17) is 11.6 Å². The third-order valence-electron chi connectivity index (χ3n) is 6.85. The monoisotopic (exact) mass is 516 g/mol. The molecule has 0 saturated heterocycles. The van der Waals surface area contributed by atoms with Gasteiger partial charge in [-0.2, -0.15) is 0 Å². The number of nitrogens with one attached hydrogen (secondary N) is 1. The van der Waals surface area contributed by atoms with Crippen molar-refractivity contribution in [2.24, 2.45) is 0 Å². The molecular formula is C30H29ClN2O2S. The van der Waals surface area contributed by atoms with Crippen LogP contribution in [0.5, 0.6) is 0 Å². The standard InChI is InChI=1S/C30H29ClN2O2S/c1-22(24-7-3-2-4-8-24)32-21-23-11-13-26(14-12-23)30-20-15-25-9-5-6-10-29(25)33(30)36(34,35)28-18-16-27(31)17-19-28/h2-14,16-19,22,30,32H,15,20-21H2,1H3. The molecule has 0 saturated carbocycles. The van der Waals surface area contributed by atoms with E-state index in [2.05, 4.69) is 60.8 Å². The number of para-hydroxylation sites is 1. The number of anilines is 1. The van der Waals surface area contributed by atoms with E-state index in [0.29, 0.717) is 11.4 Å². The summed E-state index contributed by atoms with van der Waals surface area (Å²) in [5.41, 5.74) is 5.18. The van der Waals surface area contributed by atoms with Crippen LogP contribution in [0.15, 0.2) is 108 Å². The van der Waals surface area contributed by atoms with Crippen molar-refractivity contribution in [3.8, 4) is 0 Å². The largest absolute Gasteiger partial charge is 0.306 e. The fraction of sp³-hybridized carbons (Fsp3) is 0.200. The first-order valence-corrected chi connectivity index (χ1v) is 14.0. The van der Waals surface area contributed by atoms with Crippen LogP contribution in [0.2, 0.25) is 5.02 Å². The second-order valence-electron chi connectivity index (χ2n) is 9.19. The van der Waals surface area contributed by atoms with E-state index in [1.807, 2.05) is 30.3 Å². The molecule has 2 unspecified atom stereocenters. The number of hydrogen-bond donors (Lipinski definition) is 1. The van der Waals surface area contributed by atoms with Crippen LogP contribution in [0, 0.1) is 0 Å². The Morgan fingerprint density at radius 1 is 0.889 bits per heavy atom. The highest BCUT2D eigenvalue weighted by molar-refractivity contribution is 7.92. The minimum atomic E-state index is -3.79. The maximum atomic E-state index is 13.9. The zero-order chi connectivity index (χ0) is 25.1. The molecule has 1 N–H and O–H groups in total. The molecule has 6 heteroatoms. The van der Waals surface area contributed by atoms with Crippen molar-refractivity contribution < 1.29 is 8.42 Å². The van der Waals surface area contributed by atoms with Crippen LogP contribution in [0.25, 0.3) is 0 Å². The number of rotatable bonds is 7. The highest BCUT2D eigenvalue weighted by atomic mass is 35.5. The number of halogens is 1. The van der Waals surface area contributed by atoms with Crippen LogP contribution < -0.4 is 9.62 Å². The molecule has 1 heterocycles. The van der Waals surface area contributed by atoms with Crippen molar-refractivity contribution in [1.82, 2.24) is 5.32 Å². The summed E-state index contributed by atoms with van der Waals surface area (Å²) in [5, 5.41) is 4.08. The Balaban J connectivity index is 1.42. The Bertz CT molecular complexity index is 1420. The lowest BCUT2D eigenvalue weighted by Crippen LogP contribution is -2.38. The van der Waals surface area contributed by atoms with E-state index in [1.165, 1.54) is 5.56 Å². The van der Waals surface area contributed by atoms with Crippen molar-refractivity contribution in [2.45, 2.75) is 43.3 Å². The van der Waals surface area contributed by atoms with Gasteiger partial charge in [0.1, 0.15) is 0 Å². The van der Waals surface area contributed by atoms with Crippen LogP contribution in [-0.2, 0) is 23.0 Å². The molecule has 0 fully saturated rings. The summed E-state index contributed by atoms with van der Waals surface area (Å²) in [6.07, 6.45) is 1.54. The molecular weight excluding hydrogens is 488 g/mol. The van der Waals surface area contributed by atoms with Gasteiger partial charge >= 0.3 is 0 Å². The maximum Gasteiger partial charge on any atom is 0.264 e. The fourth-order valence-electron chi connectivity index (χ4n) is 4.82. The molecule has 0 spiro atoms. The summed E-state index contributed by atoms with van der Waals surface area (Å²) in [6.45, 7) is 2.89. The molecule has 0 amide bonds. The van der Waals surface area contributed by atoms with Gasteiger partial charge in [-0.05, 0) is 72.4 Å². The molecule has 184 valence electrons. The van der Waals surface area contributed by atoms with Gasteiger partial charge in [0.2, 0.25) is 0 Å². The summed E-state index contributed by atoms with van der Waals surface area (Å²) in [5.74, 6) is 0. The predicted molar refractivity (Wildman–Crippen MR) is 147 cm³/mol. The number of sulfonamides is 1. The van der Waals surface area contributed by atoms with Gasteiger partial charge in [-0.3, -0.25) is 4.31 Å². The second-order valence-corrected chi connectivity index (χ2v) is 11.4. The highest BCUT2D eigenvalue weighted by Gasteiger charge is 2.36. The molecule has 2 atom stereocenters. The first kappa shape index (κ1) is 24.6. The van der Waals surface area contributed by atoms with E-state index < -0.39 is 10.0 Å². The zero-order valence-electron chi connectivity index (χ0n) is 20.1. The predicted octanol–water partition coefficient (Wildman–Crippen LogP) is 7.07. The van der Waals surface area contributed by atoms with Gasteiger partial charge in [0.05, 0.1) is 16.6 Å². The van der Waals surface area contributed by atoms with Crippen molar-refractivity contribution >= 4 is 27.3 Å². The molecule has 5 rings (SSSR count). The summed E-state index contributed by atoms with van der Waals surface area (Å²) in [6, 6.07) is 32.8. The molecule has 0 aliphatic carbocycles. The van der Waals surface area contributed by atoms with Gasteiger partial charge in [-0.25, -0.2) is 8.42 Å². The summed E-state index contributed by atoms with van der Waals surface area (Å²) >= 11 is 6.03. The molecule has 0 bridgehead atoms. The molecule has 0 radical (unpaired) electrons. The second kappa shape index (κ2) is 10.5. The van der Waals surface area contributed by atoms with E-state index in [1.54, 1.807) is 28.6 Å². The van der Waals surface area contributed by atoms with Crippen LogP contribution >= 0.6 is 11.6 Å². The van der Waals surface area contributed by atoms with Crippen molar-refractivity contribution in [1.29, 1.82) is 0 Å². The molecule has 36 heavy (non-hydrogen) atoms. The average Bonchev–Trinajstić information content (AvgIpc) is 2.92. The summed E-state index contributed by atoms with van der Waals surface area (Å²) in [4.78, 5) is 0.240. The van der Waals surface area contributed by atoms with Crippen molar-refractivity contribution in [2.75, 3.05) is 4.31 Å². The lowest BCUT2D eigenvalue weighted by Gasteiger charge is -2.38. The lowest BCUT2D eigenvalue weighted by atomic mass is 9.93. The van der Waals surface area contributed by atoms with Crippen LogP contribution in [0.4, 0.5) is 5.69 Å². The first-order valence-electron chi connectivity index (χ1n) is 12.2. The summed E-state index contributed by atoms with van der Waals surface area (Å²) in [7, 11) is -3.79. The Morgan fingerprint density at radius 3 is 2.28 bits per heavy atom. The Morgan fingerprint density at radius 2 is 1.56 bits per heavy atom. The van der Waals surface area contributed by atoms with E-state index >= 15 is 0 Å². The van der Waals surface area contributed by atoms with Crippen LogP contribution in [0.3, 0.4) is 0 Å². The Labute approximate surface area is 218 Å². The van der Waals surface area contributed by atoms with Crippen LogP contribution in [0.1, 0.15) is 47.7 Å². The Kier molecular flexibility index (Phi) is 7.15. The van der Waals surface area contributed by atoms with Gasteiger partial charge in [0.15, 0.2) is 0 Å². The first-order chi connectivity index (χ1) is 17.4. The van der Waals surface area contributed by atoms with Gasteiger partial charge in [0, 0.05) is 17.6 Å². The smallest absolute Gasteiger partial charge is 0.264 e. The minimum absolute atomic E-state index is 0.237. The lowest BCUT2D eigenvalue weighted by molar-refractivity contribution is 0.557.